The molecule has 0 spiro atoms. The summed E-state index contributed by atoms with van der Waals surface area (Å²) in [6, 6.07) is 0.372. The number of nitrogen functional groups attached to an aromatic ring is 1. The minimum absolute atomic E-state index is 0. The first-order chi connectivity index (χ1) is 6.25. The number of rotatable bonds is 1. The van der Waals surface area contributed by atoms with Crippen molar-refractivity contribution in [3.8, 4) is 0 Å². The molecule has 7 heteroatoms. The lowest BCUT2D eigenvalue weighted by molar-refractivity contribution is 0.385. The molecule has 88 valence electrons. The summed E-state index contributed by atoms with van der Waals surface area (Å²) in [6.45, 7) is 0. The molecule has 0 bridgehead atoms. The zero-order valence-corrected chi connectivity index (χ0v) is 9.98. The molecule has 0 radical (unpaired) electrons. The van der Waals surface area contributed by atoms with Gasteiger partial charge in [-0.1, -0.05) is 0 Å². The van der Waals surface area contributed by atoms with E-state index in [9.17, 15) is 0 Å². The van der Waals surface area contributed by atoms with Gasteiger partial charge in [0.1, 0.15) is 5.82 Å². The molecule has 0 aliphatic heterocycles. The van der Waals surface area contributed by atoms with Crippen molar-refractivity contribution < 1.29 is 0 Å². The maximum Gasteiger partial charge on any atom is 0.239 e. The molecule has 1 heterocycles. The first kappa shape index (κ1) is 14.5. The Morgan fingerprint density at radius 3 is 2.20 bits per heavy atom. The summed E-state index contributed by atoms with van der Waals surface area (Å²) in [7, 11) is 0. The van der Waals surface area contributed by atoms with E-state index in [0.29, 0.717) is 17.9 Å². The van der Waals surface area contributed by atoms with E-state index >= 15 is 0 Å². The Morgan fingerprint density at radius 1 is 1.13 bits per heavy atom. The molecule has 5 nitrogen and oxygen atoms in total. The van der Waals surface area contributed by atoms with Gasteiger partial charge in [0, 0.05) is 12.0 Å². The zero-order chi connectivity index (χ0) is 9.26. The van der Waals surface area contributed by atoms with Crippen LogP contribution in [0.2, 0.25) is 0 Å². The number of hydrogen-bond donors (Lipinski definition) is 3. The molecule has 15 heavy (non-hydrogen) atoms. The van der Waals surface area contributed by atoms with Crippen LogP contribution in [0.3, 0.4) is 0 Å². The van der Waals surface area contributed by atoms with Gasteiger partial charge in [-0.15, -0.1) is 29.9 Å². The minimum atomic E-state index is 0. The molecule has 0 amide bonds. The molecule has 2 rings (SSSR count). The SMILES string of the molecule is Cl.Cl.Nc1n[nH]c(C2CCC(N)CC2)n1. The van der Waals surface area contributed by atoms with Gasteiger partial charge in [-0.05, 0) is 25.7 Å². The van der Waals surface area contributed by atoms with Crippen molar-refractivity contribution in [3.63, 3.8) is 0 Å². The van der Waals surface area contributed by atoms with Crippen molar-refractivity contribution in [3.05, 3.63) is 5.82 Å². The molecule has 1 saturated carbocycles. The molecule has 1 fully saturated rings. The fourth-order valence-corrected chi connectivity index (χ4v) is 1.86. The van der Waals surface area contributed by atoms with Gasteiger partial charge in [0.2, 0.25) is 5.95 Å². The third-order valence-corrected chi connectivity index (χ3v) is 2.68. The molecule has 1 aliphatic rings. The summed E-state index contributed by atoms with van der Waals surface area (Å²) in [6.07, 6.45) is 4.34. The first-order valence-electron chi connectivity index (χ1n) is 4.69. The average molecular weight is 254 g/mol. The van der Waals surface area contributed by atoms with Crippen LogP contribution in [0.4, 0.5) is 5.95 Å². The summed E-state index contributed by atoms with van der Waals surface area (Å²) >= 11 is 0. The van der Waals surface area contributed by atoms with E-state index < -0.39 is 0 Å². The van der Waals surface area contributed by atoms with Gasteiger partial charge in [-0.3, -0.25) is 5.10 Å². The van der Waals surface area contributed by atoms with Gasteiger partial charge in [0.25, 0.3) is 0 Å². The molecule has 0 atom stereocenters. The standard InChI is InChI=1S/C8H15N5.2ClH/c9-6-3-1-5(2-4-6)7-11-8(10)13-12-7;;/h5-6H,1-4,9H2,(H3,10,11,12,13);2*1H. The van der Waals surface area contributed by atoms with Gasteiger partial charge in [0.05, 0.1) is 0 Å². The third-order valence-electron chi connectivity index (χ3n) is 2.68. The highest BCUT2D eigenvalue weighted by molar-refractivity contribution is 5.85. The van der Waals surface area contributed by atoms with Crippen LogP contribution >= 0.6 is 24.8 Å². The number of hydrogen-bond acceptors (Lipinski definition) is 4. The van der Waals surface area contributed by atoms with Gasteiger partial charge in [0.15, 0.2) is 0 Å². The van der Waals surface area contributed by atoms with Gasteiger partial charge < -0.3 is 11.5 Å². The van der Waals surface area contributed by atoms with Crippen LogP contribution in [0.25, 0.3) is 0 Å². The molecule has 0 aromatic carbocycles. The number of halogens is 2. The predicted octanol–water partition coefficient (Wildman–Crippen LogP) is 1.22. The van der Waals surface area contributed by atoms with Crippen LogP contribution in [0.1, 0.15) is 37.4 Å². The molecule has 1 aromatic rings. The van der Waals surface area contributed by atoms with Crippen molar-refractivity contribution in [2.45, 2.75) is 37.6 Å². The third kappa shape index (κ3) is 3.52. The number of nitrogens with one attached hydrogen (secondary N) is 1. The summed E-state index contributed by atoms with van der Waals surface area (Å²) in [5, 5.41) is 6.68. The fourth-order valence-electron chi connectivity index (χ4n) is 1.86. The van der Waals surface area contributed by atoms with E-state index in [1.54, 1.807) is 0 Å². The van der Waals surface area contributed by atoms with E-state index in [-0.39, 0.29) is 24.8 Å². The number of aromatic nitrogens is 3. The molecule has 1 aliphatic carbocycles. The van der Waals surface area contributed by atoms with E-state index in [4.69, 9.17) is 11.5 Å². The Bertz CT molecular complexity index is 282. The lowest BCUT2D eigenvalue weighted by Crippen LogP contribution is -2.26. The Morgan fingerprint density at radius 2 is 1.73 bits per heavy atom. The van der Waals surface area contributed by atoms with Gasteiger partial charge >= 0.3 is 0 Å². The summed E-state index contributed by atoms with van der Waals surface area (Å²) in [4.78, 5) is 4.13. The van der Waals surface area contributed by atoms with Crippen LogP contribution in [-0.4, -0.2) is 21.2 Å². The zero-order valence-electron chi connectivity index (χ0n) is 8.35. The Balaban J connectivity index is 0.000000980. The number of H-pyrrole nitrogens is 1. The van der Waals surface area contributed by atoms with E-state index in [1.165, 1.54) is 0 Å². The van der Waals surface area contributed by atoms with Crippen LogP contribution < -0.4 is 11.5 Å². The number of aromatic amines is 1. The summed E-state index contributed by atoms with van der Waals surface area (Å²) in [5.41, 5.74) is 11.2. The van der Waals surface area contributed by atoms with Crippen molar-refractivity contribution in [1.29, 1.82) is 0 Å². The second-order valence-electron chi connectivity index (χ2n) is 3.69. The van der Waals surface area contributed by atoms with Crippen molar-refractivity contribution in [2.75, 3.05) is 5.73 Å². The quantitative estimate of drug-likeness (QED) is 0.702. The monoisotopic (exact) mass is 253 g/mol. The topological polar surface area (TPSA) is 93.6 Å². The number of nitrogens with two attached hydrogens (primary N) is 2. The van der Waals surface area contributed by atoms with E-state index in [2.05, 4.69) is 15.2 Å². The maximum absolute atomic E-state index is 5.81. The second-order valence-corrected chi connectivity index (χ2v) is 3.69. The van der Waals surface area contributed by atoms with Crippen LogP contribution in [0.5, 0.6) is 0 Å². The highest BCUT2D eigenvalue weighted by Crippen LogP contribution is 2.30. The second kappa shape index (κ2) is 6.15. The first-order valence-corrected chi connectivity index (χ1v) is 4.69. The number of anilines is 1. The Hall–Kier alpha value is -0.520. The van der Waals surface area contributed by atoms with E-state index in [1.807, 2.05) is 0 Å². The molecule has 0 unspecified atom stereocenters. The van der Waals surface area contributed by atoms with Gasteiger partial charge in [-0.25, -0.2) is 0 Å². The largest absolute Gasteiger partial charge is 0.367 e. The molecule has 5 N–H and O–H groups in total. The maximum atomic E-state index is 5.81. The fraction of sp³-hybridized carbons (Fsp3) is 0.750. The van der Waals surface area contributed by atoms with E-state index in [0.717, 1.165) is 31.5 Å². The smallest absolute Gasteiger partial charge is 0.239 e. The van der Waals surface area contributed by atoms with Crippen LogP contribution in [0.15, 0.2) is 0 Å². The normalized spacial score (nSPS) is 25.1. The van der Waals surface area contributed by atoms with Crippen molar-refractivity contribution >= 4 is 30.8 Å². The van der Waals surface area contributed by atoms with Crippen LogP contribution in [-0.2, 0) is 0 Å². The lowest BCUT2D eigenvalue weighted by atomic mass is 9.86. The van der Waals surface area contributed by atoms with Crippen LogP contribution in [0, 0.1) is 0 Å². The molecule has 0 saturated heterocycles. The Kier molecular flexibility index (Phi) is 5.93. The molecule has 1 aromatic heterocycles. The van der Waals surface area contributed by atoms with Gasteiger partial charge in [-0.2, -0.15) is 4.98 Å². The molecular weight excluding hydrogens is 237 g/mol. The van der Waals surface area contributed by atoms with Crippen molar-refractivity contribution in [1.82, 2.24) is 15.2 Å². The Labute approximate surface area is 101 Å². The summed E-state index contributed by atoms with van der Waals surface area (Å²) in [5.74, 6) is 1.74. The molecular formula is C8H17Cl2N5. The number of nitrogens with zero attached hydrogens (tertiary/aromatic N) is 2. The average Bonchev–Trinajstić information content (AvgIpc) is 2.53. The lowest BCUT2D eigenvalue weighted by Gasteiger charge is -2.23. The highest BCUT2D eigenvalue weighted by atomic mass is 35.5. The van der Waals surface area contributed by atoms with Crippen molar-refractivity contribution in [2.24, 2.45) is 5.73 Å². The highest BCUT2D eigenvalue weighted by Gasteiger charge is 2.22. The predicted molar refractivity (Wildman–Crippen MR) is 64.5 cm³/mol. The minimum Gasteiger partial charge on any atom is -0.367 e. The summed E-state index contributed by atoms with van der Waals surface area (Å²) < 4.78 is 0.